The molecule has 1 aliphatic heterocycles. The summed E-state index contributed by atoms with van der Waals surface area (Å²) in [6, 6.07) is 5.68. The van der Waals surface area contributed by atoms with Gasteiger partial charge in [0.1, 0.15) is 6.04 Å². The van der Waals surface area contributed by atoms with Crippen molar-refractivity contribution in [3.8, 4) is 0 Å². The molecular formula is C10H10BrNO2. The quantitative estimate of drug-likeness (QED) is 0.780. The van der Waals surface area contributed by atoms with Crippen molar-refractivity contribution >= 4 is 27.6 Å². The van der Waals surface area contributed by atoms with Crippen LogP contribution >= 0.6 is 15.9 Å². The maximum atomic E-state index is 11.3. The number of hydrogen-bond acceptors (Lipinski definition) is 3. The maximum Gasteiger partial charge on any atom is 0.328 e. The Hall–Kier alpha value is -1.03. The van der Waals surface area contributed by atoms with Gasteiger partial charge in [0, 0.05) is 10.9 Å². The highest BCUT2D eigenvalue weighted by molar-refractivity contribution is 9.10. The number of fused-ring (bicyclic) bond motifs is 1. The summed E-state index contributed by atoms with van der Waals surface area (Å²) in [5.74, 6) is -0.215. The molecule has 1 aromatic carbocycles. The molecule has 0 bridgehead atoms. The van der Waals surface area contributed by atoms with Gasteiger partial charge in [-0.3, -0.25) is 0 Å². The molecule has 1 aromatic rings. The van der Waals surface area contributed by atoms with Gasteiger partial charge < -0.3 is 10.1 Å². The minimum Gasteiger partial charge on any atom is -0.467 e. The van der Waals surface area contributed by atoms with Crippen LogP contribution < -0.4 is 5.32 Å². The highest BCUT2D eigenvalue weighted by Crippen LogP contribution is 2.33. The molecule has 74 valence electrons. The Morgan fingerprint density at radius 3 is 3.07 bits per heavy atom. The number of carbonyl (C=O) groups is 1. The number of para-hydroxylation sites is 1. The smallest absolute Gasteiger partial charge is 0.328 e. The van der Waals surface area contributed by atoms with E-state index >= 15 is 0 Å². The van der Waals surface area contributed by atoms with E-state index in [1.165, 1.54) is 7.11 Å². The molecule has 0 radical (unpaired) electrons. The van der Waals surface area contributed by atoms with Crippen molar-refractivity contribution < 1.29 is 9.53 Å². The summed E-state index contributed by atoms with van der Waals surface area (Å²) in [5.41, 5.74) is 2.15. The molecular weight excluding hydrogens is 246 g/mol. The molecule has 1 heterocycles. The standard InChI is InChI=1S/C10H10BrNO2/c1-14-10(13)8-5-6-3-2-4-7(11)9(6)12-8/h2-4,8,12H,5H2,1H3. The van der Waals surface area contributed by atoms with Crippen molar-refractivity contribution in [1.82, 2.24) is 0 Å². The van der Waals surface area contributed by atoms with Crippen molar-refractivity contribution in [2.45, 2.75) is 12.5 Å². The zero-order valence-electron chi connectivity index (χ0n) is 7.71. The highest BCUT2D eigenvalue weighted by atomic mass is 79.9. The van der Waals surface area contributed by atoms with E-state index in [0.29, 0.717) is 6.42 Å². The van der Waals surface area contributed by atoms with E-state index in [2.05, 4.69) is 26.0 Å². The summed E-state index contributed by atoms with van der Waals surface area (Å²) in [7, 11) is 1.40. The average molecular weight is 256 g/mol. The Morgan fingerprint density at radius 2 is 2.43 bits per heavy atom. The van der Waals surface area contributed by atoms with Crippen LogP contribution in [0.2, 0.25) is 0 Å². The number of nitrogens with one attached hydrogen (secondary N) is 1. The van der Waals surface area contributed by atoms with Gasteiger partial charge in [-0.25, -0.2) is 4.79 Å². The van der Waals surface area contributed by atoms with Crippen LogP contribution in [-0.2, 0) is 16.0 Å². The van der Waals surface area contributed by atoms with Crippen LogP contribution in [0.5, 0.6) is 0 Å². The van der Waals surface area contributed by atoms with Gasteiger partial charge in [0.15, 0.2) is 0 Å². The average Bonchev–Trinajstić information content (AvgIpc) is 2.62. The van der Waals surface area contributed by atoms with E-state index in [-0.39, 0.29) is 12.0 Å². The van der Waals surface area contributed by atoms with E-state index in [0.717, 1.165) is 15.7 Å². The second-order valence-corrected chi connectivity index (χ2v) is 4.05. The molecule has 0 saturated carbocycles. The van der Waals surface area contributed by atoms with E-state index in [1.807, 2.05) is 18.2 Å². The third-order valence-electron chi connectivity index (χ3n) is 2.33. The fraction of sp³-hybridized carbons (Fsp3) is 0.300. The van der Waals surface area contributed by atoms with Crippen LogP contribution in [-0.4, -0.2) is 19.1 Å². The van der Waals surface area contributed by atoms with Crippen LogP contribution in [0.25, 0.3) is 0 Å². The fourth-order valence-corrected chi connectivity index (χ4v) is 2.15. The monoisotopic (exact) mass is 255 g/mol. The summed E-state index contributed by atoms with van der Waals surface area (Å²) in [4.78, 5) is 11.3. The summed E-state index contributed by atoms with van der Waals surface area (Å²) >= 11 is 3.43. The van der Waals surface area contributed by atoms with E-state index in [1.54, 1.807) is 0 Å². The molecule has 1 N–H and O–H groups in total. The maximum absolute atomic E-state index is 11.3. The second-order valence-electron chi connectivity index (χ2n) is 3.20. The number of carbonyl (C=O) groups excluding carboxylic acids is 1. The van der Waals surface area contributed by atoms with Crippen molar-refractivity contribution in [3.63, 3.8) is 0 Å². The lowest BCUT2D eigenvalue weighted by atomic mass is 10.1. The first-order valence-corrected chi connectivity index (χ1v) is 5.13. The van der Waals surface area contributed by atoms with E-state index in [9.17, 15) is 4.79 Å². The fourth-order valence-electron chi connectivity index (χ4n) is 1.63. The summed E-state index contributed by atoms with van der Waals surface area (Å²) < 4.78 is 5.68. The van der Waals surface area contributed by atoms with Gasteiger partial charge in [-0.15, -0.1) is 0 Å². The summed E-state index contributed by atoms with van der Waals surface area (Å²) in [5, 5.41) is 3.13. The van der Waals surface area contributed by atoms with Gasteiger partial charge in [0.05, 0.1) is 12.8 Å². The van der Waals surface area contributed by atoms with E-state index in [4.69, 9.17) is 0 Å². The predicted octanol–water partition coefficient (Wildman–Crippen LogP) is 1.96. The molecule has 0 aromatic heterocycles. The lowest BCUT2D eigenvalue weighted by Gasteiger charge is -2.08. The predicted molar refractivity (Wildman–Crippen MR) is 57.3 cm³/mol. The lowest BCUT2D eigenvalue weighted by Crippen LogP contribution is -2.27. The highest BCUT2D eigenvalue weighted by Gasteiger charge is 2.28. The number of methoxy groups -OCH3 is 1. The van der Waals surface area contributed by atoms with Gasteiger partial charge in [-0.05, 0) is 27.6 Å². The summed E-state index contributed by atoms with van der Waals surface area (Å²) in [6.07, 6.45) is 0.696. The molecule has 0 fully saturated rings. The van der Waals surface area contributed by atoms with Gasteiger partial charge >= 0.3 is 5.97 Å². The molecule has 0 spiro atoms. The molecule has 0 aliphatic carbocycles. The Kier molecular flexibility index (Phi) is 2.46. The SMILES string of the molecule is COC(=O)C1Cc2cccc(Br)c2N1. The van der Waals surface area contributed by atoms with Crippen molar-refractivity contribution in [2.24, 2.45) is 0 Å². The number of rotatable bonds is 1. The zero-order chi connectivity index (χ0) is 10.1. The van der Waals surface area contributed by atoms with Gasteiger partial charge in [0.25, 0.3) is 0 Å². The van der Waals surface area contributed by atoms with Crippen LogP contribution in [0, 0.1) is 0 Å². The minimum atomic E-state index is -0.242. The van der Waals surface area contributed by atoms with Crippen LogP contribution in [0.1, 0.15) is 5.56 Å². The Balaban J connectivity index is 2.26. The first kappa shape index (κ1) is 9.52. The van der Waals surface area contributed by atoms with Crippen molar-refractivity contribution in [2.75, 3.05) is 12.4 Å². The number of halogens is 1. The van der Waals surface area contributed by atoms with Gasteiger partial charge in [-0.2, -0.15) is 0 Å². The number of benzene rings is 1. The minimum absolute atomic E-state index is 0.215. The molecule has 0 saturated heterocycles. The summed E-state index contributed by atoms with van der Waals surface area (Å²) in [6.45, 7) is 0. The molecule has 1 unspecified atom stereocenters. The normalized spacial score (nSPS) is 18.6. The molecule has 0 amide bonds. The van der Waals surface area contributed by atoms with Gasteiger partial charge in [-0.1, -0.05) is 12.1 Å². The topological polar surface area (TPSA) is 38.3 Å². The third kappa shape index (κ3) is 1.50. The largest absolute Gasteiger partial charge is 0.467 e. The Morgan fingerprint density at radius 1 is 1.64 bits per heavy atom. The van der Waals surface area contributed by atoms with Gasteiger partial charge in [0.2, 0.25) is 0 Å². The first-order chi connectivity index (χ1) is 6.72. The molecule has 2 rings (SSSR count). The number of anilines is 1. The molecule has 4 heteroatoms. The van der Waals surface area contributed by atoms with Crippen molar-refractivity contribution in [3.05, 3.63) is 28.2 Å². The zero-order valence-corrected chi connectivity index (χ0v) is 9.30. The Labute approximate surface area is 90.6 Å². The van der Waals surface area contributed by atoms with Crippen molar-refractivity contribution in [1.29, 1.82) is 0 Å². The molecule has 1 aliphatic rings. The number of hydrogen-bond donors (Lipinski definition) is 1. The lowest BCUT2D eigenvalue weighted by molar-refractivity contribution is -0.141. The Bertz CT molecular complexity index is 378. The van der Waals surface area contributed by atoms with Crippen LogP contribution in [0.15, 0.2) is 22.7 Å². The van der Waals surface area contributed by atoms with E-state index < -0.39 is 0 Å². The number of ether oxygens (including phenoxy) is 1. The first-order valence-electron chi connectivity index (χ1n) is 4.34. The third-order valence-corrected chi connectivity index (χ3v) is 2.99. The van der Waals surface area contributed by atoms with Crippen LogP contribution in [0.4, 0.5) is 5.69 Å². The second kappa shape index (κ2) is 3.61. The molecule has 3 nitrogen and oxygen atoms in total. The number of esters is 1. The molecule has 14 heavy (non-hydrogen) atoms. The molecule has 1 atom stereocenters. The van der Waals surface area contributed by atoms with Crippen LogP contribution in [0.3, 0.4) is 0 Å².